The molecule has 7 heteroatoms. The Morgan fingerprint density at radius 3 is 2.13 bits per heavy atom. The molecule has 1 aromatic carbocycles. The number of nitrogens with zero attached hydrogens (tertiary/aromatic N) is 3. The Morgan fingerprint density at radius 2 is 1.48 bits per heavy atom. The first-order valence-electron chi connectivity index (χ1n) is 9.97. The Balaban J connectivity index is 1.49. The number of carbonyl (C=O) groups is 1. The van der Waals surface area contributed by atoms with Gasteiger partial charge in [0.2, 0.25) is 5.91 Å². The van der Waals surface area contributed by atoms with Gasteiger partial charge in [-0.15, -0.1) is 0 Å². The van der Waals surface area contributed by atoms with Crippen LogP contribution < -0.4 is 5.32 Å². The Kier molecular flexibility index (Phi) is 5.30. The molecule has 1 saturated carbocycles. The van der Waals surface area contributed by atoms with E-state index in [0.29, 0.717) is 16.0 Å². The van der Waals surface area contributed by atoms with Crippen molar-refractivity contribution < 1.29 is 4.79 Å². The number of anilines is 1. The molecule has 0 saturated heterocycles. The van der Waals surface area contributed by atoms with Crippen LogP contribution in [0.1, 0.15) is 29.4 Å². The van der Waals surface area contributed by atoms with Gasteiger partial charge in [-0.2, -0.15) is 0 Å². The van der Waals surface area contributed by atoms with Crippen molar-refractivity contribution in [3.63, 3.8) is 0 Å². The van der Waals surface area contributed by atoms with Crippen molar-refractivity contribution in [1.82, 2.24) is 15.0 Å². The summed E-state index contributed by atoms with van der Waals surface area (Å²) in [5.41, 5.74) is 3.48. The Labute approximate surface area is 189 Å². The average Bonchev–Trinajstić information content (AvgIpc) is 2.73. The van der Waals surface area contributed by atoms with Gasteiger partial charge in [0.15, 0.2) is 0 Å². The quantitative estimate of drug-likeness (QED) is 0.397. The first-order chi connectivity index (χ1) is 15.1. The number of para-hydroxylation sites is 1. The molecule has 1 fully saturated rings. The Bertz CT molecular complexity index is 1220. The molecule has 31 heavy (non-hydrogen) atoms. The molecule has 3 aromatic heterocycles. The second-order valence-corrected chi connectivity index (χ2v) is 8.44. The summed E-state index contributed by atoms with van der Waals surface area (Å²) in [6.07, 6.45) is 5.90. The lowest BCUT2D eigenvalue weighted by atomic mass is 9.59. The van der Waals surface area contributed by atoms with E-state index in [1.54, 1.807) is 18.6 Å². The number of rotatable bonds is 4. The van der Waals surface area contributed by atoms with Crippen LogP contribution in [-0.4, -0.2) is 20.9 Å². The summed E-state index contributed by atoms with van der Waals surface area (Å²) < 4.78 is 0. The average molecular weight is 449 g/mol. The van der Waals surface area contributed by atoms with E-state index in [1.807, 2.05) is 54.6 Å². The first kappa shape index (κ1) is 19.9. The molecule has 1 unspecified atom stereocenters. The predicted octanol–water partition coefficient (Wildman–Crippen LogP) is 5.86. The van der Waals surface area contributed by atoms with E-state index in [0.717, 1.165) is 28.5 Å². The fourth-order valence-electron chi connectivity index (χ4n) is 4.42. The van der Waals surface area contributed by atoms with E-state index in [-0.39, 0.29) is 23.7 Å². The summed E-state index contributed by atoms with van der Waals surface area (Å²) in [6, 6.07) is 17.1. The lowest BCUT2D eigenvalue weighted by Gasteiger charge is -2.44. The maximum absolute atomic E-state index is 13.5. The zero-order chi connectivity index (χ0) is 21.4. The van der Waals surface area contributed by atoms with E-state index in [9.17, 15) is 4.79 Å². The van der Waals surface area contributed by atoms with Crippen molar-refractivity contribution >= 4 is 45.7 Å². The third-order valence-corrected chi connectivity index (χ3v) is 6.34. The van der Waals surface area contributed by atoms with E-state index in [2.05, 4.69) is 20.3 Å². The number of aromatic nitrogens is 3. The standard InChI is InChI=1S/C24H18Cl2N4O/c25-20-11-15(6-9-27-20)17-13-18(16-7-10-28-21(26)12-16)22(17)24(31)30-19-5-1-3-14-4-2-8-29-23(14)19/h1-12,17-18,22H,13H2,(H,30,31)/t17-,18+,22?. The van der Waals surface area contributed by atoms with Crippen LogP contribution in [0.15, 0.2) is 73.2 Å². The smallest absolute Gasteiger partial charge is 0.228 e. The van der Waals surface area contributed by atoms with Gasteiger partial charge in [0.25, 0.3) is 0 Å². The summed E-state index contributed by atoms with van der Waals surface area (Å²) in [6.45, 7) is 0. The van der Waals surface area contributed by atoms with Crippen molar-refractivity contribution in [1.29, 1.82) is 0 Å². The molecule has 4 aromatic rings. The molecule has 1 N–H and O–H groups in total. The number of carbonyl (C=O) groups excluding carboxylic acids is 1. The van der Waals surface area contributed by atoms with Gasteiger partial charge in [0.1, 0.15) is 10.3 Å². The zero-order valence-corrected chi connectivity index (χ0v) is 17.9. The molecular weight excluding hydrogens is 431 g/mol. The third kappa shape index (κ3) is 3.87. The lowest BCUT2D eigenvalue weighted by molar-refractivity contribution is -0.124. The zero-order valence-electron chi connectivity index (χ0n) is 16.4. The van der Waals surface area contributed by atoms with Gasteiger partial charge < -0.3 is 5.32 Å². The highest BCUT2D eigenvalue weighted by Gasteiger charge is 2.47. The first-order valence-corrected chi connectivity index (χ1v) is 10.7. The molecule has 0 aliphatic heterocycles. The minimum absolute atomic E-state index is 0.0281. The molecule has 154 valence electrons. The van der Waals surface area contributed by atoms with Crippen LogP contribution in [0.3, 0.4) is 0 Å². The SMILES string of the molecule is O=C(Nc1cccc2cccnc12)C1[C@@H](c2ccnc(Cl)c2)C[C@H]1c1ccnc(Cl)c1. The monoisotopic (exact) mass is 448 g/mol. The van der Waals surface area contributed by atoms with Gasteiger partial charge in [0, 0.05) is 24.0 Å². The number of fused-ring (bicyclic) bond motifs is 1. The molecule has 3 atom stereocenters. The van der Waals surface area contributed by atoms with Crippen molar-refractivity contribution in [2.45, 2.75) is 18.3 Å². The van der Waals surface area contributed by atoms with Gasteiger partial charge in [-0.25, -0.2) is 9.97 Å². The third-order valence-electron chi connectivity index (χ3n) is 5.93. The minimum atomic E-state index is -0.282. The molecule has 0 spiro atoms. The minimum Gasteiger partial charge on any atom is -0.324 e. The number of hydrogen-bond donors (Lipinski definition) is 1. The molecule has 5 rings (SSSR count). The summed E-state index contributed by atoms with van der Waals surface area (Å²) in [7, 11) is 0. The Hall–Kier alpha value is -3.02. The number of pyridine rings is 3. The second kappa shape index (κ2) is 8.25. The molecule has 1 aliphatic carbocycles. The highest BCUT2D eigenvalue weighted by atomic mass is 35.5. The molecule has 1 aliphatic rings. The van der Waals surface area contributed by atoms with Crippen LogP contribution in [0, 0.1) is 5.92 Å². The lowest BCUT2D eigenvalue weighted by Crippen LogP contribution is -2.42. The van der Waals surface area contributed by atoms with Crippen LogP contribution in [0.25, 0.3) is 10.9 Å². The molecule has 5 nitrogen and oxygen atoms in total. The fraction of sp³-hybridized carbons (Fsp3) is 0.167. The van der Waals surface area contributed by atoms with Crippen LogP contribution in [-0.2, 0) is 4.79 Å². The van der Waals surface area contributed by atoms with Crippen molar-refractivity contribution in [2.75, 3.05) is 5.32 Å². The van der Waals surface area contributed by atoms with E-state index in [4.69, 9.17) is 23.2 Å². The maximum atomic E-state index is 13.5. The molecule has 0 radical (unpaired) electrons. The molecular formula is C24H18Cl2N4O. The topological polar surface area (TPSA) is 67.8 Å². The number of hydrogen-bond acceptors (Lipinski definition) is 4. The van der Waals surface area contributed by atoms with E-state index >= 15 is 0 Å². The van der Waals surface area contributed by atoms with Crippen molar-refractivity contribution in [3.05, 3.63) is 94.6 Å². The number of halogens is 2. The van der Waals surface area contributed by atoms with Gasteiger partial charge >= 0.3 is 0 Å². The number of nitrogens with one attached hydrogen (secondary N) is 1. The van der Waals surface area contributed by atoms with Crippen LogP contribution in [0.5, 0.6) is 0 Å². The second-order valence-electron chi connectivity index (χ2n) is 7.67. The Morgan fingerprint density at radius 1 is 0.839 bits per heavy atom. The normalized spacial score (nSPS) is 20.3. The van der Waals surface area contributed by atoms with E-state index in [1.165, 1.54) is 0 Å². The number of benzene rings is 1. The highest BCUT2D eigenvalue weighted by molar-refractivity contribution is 6.29. The van der Waals surface area contributed by atoms with Crippen molar-refractivity contribution in [2.24, 2.45) is 5.92 Å². The summed E-state index contributed by atoms with van der Waals surface area (Å²) in [5, 5.41) is 4.94. The predicted molar refractivity (Wildman–Crippen MR) is 122 cm³/mol. The van der Waals surface area contributed by atoms with E-state index < -0.39 is 0 Å². The highest BCUT2D eigenvalue weighted by Crippen LogP contribution is 2.53. The van der Waals surface area contributed by atoms with Gasteiger partial charge in [-0.1, -0.05) is 41.4 Å². The van der Waals surface area contributed by atoms with Crippen molar-refractivity contribution in [3.8, 4) is 0 Å². The fourth-order valence-corrected chi connectivity index (χ4v) is 4.79. The molecule has 1 amide bonds. The van der Waals surface area contributed by atoms with Gasteiger partial charge in [-0.05, 0) is 65.8 Å². The summed E-state index contributed by atoms with van der Waals surface area (Å²) in [5.74, 6) is -0.281. The summed E-state index contributed by atoms with van der Waals surface area (Å²) in [4.78, 5) is 26.1. The largest absolute Gasteiger partial charge is 0.324 e. The molecule has 0 bridgehead atoms. The van der Waals surface area contributed by atoms with Gasteiger partial charge in [-0.3, -0.25) is 9.78 Å². The van der Waals surface area contributed by atoms with Crippen LogP contribution >= 0.6 is 23.2 Å². The van der Waals surface area contributed by atoms with Crippen LogP contribution in [0.2, 0.25) is 10.3 Å². The van der Waals surface area contributed by atoms with Gasteiger partial charge in [0.05, 0.1) is 17.1 Å². The summed E-state index contributed by atoms with van der Waals surface area (Å²) >= 11 is 12.2. The molecule has 3 heterocycles. The number of amides is 1. The van der Waals surface area contributed by atoms with Crippen LogP contribution in [0.4, 0.5) is 5.69 Å². The maximum Gasteiger partial charge on any atom is 0.228 e.